The minimum Gasteiger partial charge on any atom is -0.475 e. The molecular weight excluding hydrogens is 230 g/mol. The second-order valence-electron chi connectivity index (χ2n) is 4.59. The summed E-state index contributed by atoms with van der Waals surface area (Å²) in [6.07, 6.45) is 6.89. The highest BCUT2D eigenvalue weighted by molar-refractivity contribution is 5.44. The first-order valence-corrected chi connectivity index (χ1v) is 6.65. The van der Waals surface area contributed by atoms with Crippen molar-refractivity contribution in [3.8, 4) is 5.88 Å². The molecular formula is C13H21N3O2. The first-order chi connectivity index (χ1) is 8.81. The van der Waals surface area contributed by atoms with Gasteiger partial charge in [-0.1, -0.05) is 13.3 Å². The Morgan fingerprint density at radius 2 is 2.33 bits per heavy atom. The van der Waals surface area contributed by atoms with E-state index < -0.39 is 0 Å². The third-order valence-electron chi connectivity index (χ3n) is 3.12. The molecule has 1 aliphatic rings. The number of anilines is 1. The van der Waals surface area contributed by atoms with Gasteiger partial charge in [-0.15, -0.1) is 0 Å². The van der Waals surface area contributed by atoms with Crippen LogP contribution in [0, 0.1) is 0 Å². The zero-order valence-electron chi connectivity index (χ0n) is 10.9. The second-order valence-corrected chi connectivity index (χ2v) is 4.59. The predicted molar refractivity (Wildman–Crippen MR) is 69.5 cm³/mol. The lowest BCUT2D eigenvalue weighted by molar-refractivity contribution is -0.0121. The highest BCUT2D eigenvalue weighted by Crippen LogP contribution is 2.22. The van der Waals surface area contributed by atoms with Crippen LogP contribution >= 0.6 is 0 Å². The van der Waals surface area contributed by atoms with E-state index in [2.05, 4.69) is 16.9 Å². The Morgan fingerprint density at radius 3 is 3.06 bits per heavy atom. The monoisotopic (exact) mass is 251 g/mol. The van der Waals surface area contributed by atoms with E-state index in [1.807, 2.05) is 0 Å². The molecule has 0 bridgehead atoms. The van der Waals surface area contributed by atoms with Crippen LogP contribution in [0.25, 0.3) is 0 Å². The zero-order chi connectivity index (χ0) is 12.8. The third-order valence-corrected chi connectivity index (χ3v) is 3.12. The fraction of sp³-hybridized carbons (Fsp3) is 0.692. The zero-order valence-corrected chi connectivity index (χ0v) is 10.9. The molecule has 0 saturated carbocycles. The number of rotatable bonds is 5. The Balaban J connectivity index is 1.97. The highest BCUT2D eigenvalue weighted by atomic mass is 16.5. The molecule has 100 valence electrons. The van der Waals surface area contributed by atoms with Gasteiger partial charge in [-0.3, -0.25) is 0 Å². The summed E-state index contributed by atoms with van der Waals surface area (Å²) >= 11 is 0. The van der Waals surface area contributed by atoms with E-state index >= 15 is 0 Å². The fourth-order valence-corrected chi connectivity index (χ4v) is 2.13. The van der Waals surface area contributed by atoms with Crippen molar-refractivity contribution in [2.45, 2.75) is 45.1 Å². The van der Waals surface area contributed by atoms with Crippen molar-refractivity contribution in [1.29, 1.82) is 0 Å². The van der Waals surface area contributed by atoms with Gasteiger partial charge in [0.15, 0.2) is 0 Å². The molecule has 1 unspecified atom stereocenters. The molecule has 2 heterocycles. The minimum absolute atomic E-state index is 0.185. The Morgan fingerprint density at radius 1 is 1.44 bits per heavy atom. The van der Waals surface area contributed by atoms with E-state index in [-0.39, 0.29) is 6.10 Å². The van der Waals surface area contributed by atoms with Crippen LogP contribution in [0.2, 0.25) is 0 Å². The fourth-order valence-electron chi connectivity index (χ4n) is 2.13. The molecule has 1 aromatic heterocycles. The molecule has 1 aromatic rings. The van der Waals surface area contributed by atoms with Crippen molar-refractivity contribution >= 4 is 5.82 Å². The quantitative estimate of drug-likeness (QED) is 0.866. The van der Waals surface area contributed by atoms with Gasteiger partial charge < -0.3 is 15.2 Å². The smallest absolute Gasteiger partial charge is 0.221 e. The van der Waals surface area contributed by atoms with Crippen molar-refractivity contribution in [3.63, 3.8) is 0 Å². The van der Waals surface area contributed by atoms with Crippen LogP contribution in [0.1, 0.15) is 38.2 Å². The number of nitrogen functional groups attached to an aromatic ring is 1. The van der Waals surface area contributed by atoms with Gasteiger partial charge in [0.1, 0.15) is 18.8 Å². The summed E-state index contributed by atoms with van der Waals surface area (Å²) < 4.78 is 11.4. The molecule has 0 aliphatic carbocycles. The average molecular weight is 251 g/mol. The summed E-state index contributed by atoms with van der Waals surface area (Å²) in [5.41, 5.74) is 6.77. The van der Waals surface area contributed by atoms with E-state index in [9.17, 15) is 0 Å². The van der Waals surface area contributed by atoms with Crippen LogP contribution in [0.15, 0.2) is 6.33 Å². The summed E-state index contributed by atoms with van der Waals surface area (Å²) in [5, 5.41) is 0. The number of nitrogens with two attached hydrogens (primary N) is 1. The Bertz CT molecular complexity index is 378. The summed E-state index contributed by atoms with van der Waals surface area (Å²) in [7, 11) is 0. The van der Waals surface area contributed by atoms with Crippen LogP contribution in [-0.4, -0.2) is 29.3 Å². The predicted octanol–water partition coefficient (Wildman–Crippen LogP) is 1.96. The minimum atomic E-state index is 0.185. The number of aromatic nitrogens is 2. The number of ether oxygens (including phenoxy) is 2. The van der Waals surface area contributed by atoms with Crippen LogP contribution in [0.3, 0.4) is 0 Å². The van der Waals surface area contributed by atoms with E-state index in [0.29, 0.717) is 18.3 Å². The molecule has 0 spiro atoms. The van der Waals surface area contributed by atoms with Crippen molar-refractivity contribution in [2.24, 2.45) is 0 Å². The van der Waals surface area contributed by atoms with Crippen LogP contribution in [-0.2, 0) is 11.2 Å². The molecule has 2 rings (SSSR count). The number of hydrogen-bond donors (Lipinski definition) is 1. The average Bonchev–Trinajstić information content (AvgIpc) is 2.41. The van der Waals surface area contributed by atoms with Gasteiger partial charge in [-0.05, 0) is 25.7 Å². The molecule has 5 heteroatoms. The van der Waals surface area contributed by atoms with E-state index in [1.54, 1.807) is 0 Å². The normalized spacial score (nSPS) is 19.7. The van der Waals surface area contributed by atoms with Gasteiger partial charge in [0.25, 0.3) is 0 Å². The maximum absolute atomic E-state index is 5.85. The van der Waals surface area contributed by atoms with Crippen molar-refractivity contribution in [2.75, 3.05) is 18.9 Å². The van der Waals surface area contributed by atoms with Gasteiger partial charge >= 0.3 is 0 Å². The number of hydrogen-bond acceptors (Lipinski definition) is 5. The second kappa shape index (κ2) is 6.54. The molecule has 2 N–H and O–H groups in total. The molecule has 5 nitrogen and oxygen atoms in total. The SMILES string of the molecule is CCCc1c(N)ncnc1OCC1CCCCO1. The Labute approximate surface area is 108 Å². The van der Waals surface area contributed by atoms with E-state index in [0.717, 1.165) is 37.9 Å². The lowest BCUT2D eigenvalue weighted by atomic mass is 10.1. The molecule has 0 radical (unpaired) electrons. The van der Waals surface area contributed by atoms with Crippen molar-refractivity contribution in [1.82, 2.24) is 9.97 Å². The summed E-state index contributed by atoms with van der Waals surface area (Å²) in [4.78, 5) is 8.18. The van der Waals surface area contributed by atoms with Gasteiger partial charge in [0.05, 0.1) is 11.7 Å². The first-order valence-electron chi connectivity index (χ1n) is 6.65. The molecule has 0 aromatic carbocycles. The van der Waals surface area contributed by atoms with Gasteiger partial charge in [0, 0.05) is 6.61 Å². The van der Waals surface area contributed by atoms with E-state index in [4.69, 9.17) is 15.2 Å². The molecule has 18 heavy (non-hydrogen) atoms. The maximum Gasteiger partial charge on any atom is 0.221 e. The van der Waals surface area contributed by atoms with Crippen LogP contribution in [0.4, 0.5) is 5.82 Å². The standard InChI is InChI=1S/C13H21N3O2/c1-2-5-11-12(14)15-9-16-13(11)18-8-10-6-3-4-7-17-10/h9-10H,2-8H2,1H3,(H2,14,15,16). The summed E-state index contributed by atoms with van der Waals surface area (Å²) in [6.45, 7) is 3.48. The lowest BCUT2D eigenvalue weighted by Gasteiger charge is -2.22. The summed E-state index contributed by atoms with van der Waals surface area (Å²) in [5.74, 6) is 1.13. The van der Waals surface area contributed by atoms with Crippen molar-refractivity contribution < 1.29 is 9.47 Å². The Hall–Kier alpha value is -1.36. The highest BCUT2D eigenvalue weighted by Gasteiger charge is 2.16. The van der Waals surface area contributed by atoms with Crippen molar-refractivity contribution in [3.05, 3.63) is 11.9 Å². The molecule has 1 saturated heterocycles. The van der Waals surface area contributed by atoms with Gasteiger partial charge in [0.2, 0.25) is 5.88 Å². The molecule has 1 atom stereocenters. The maximum atomic E-state index is 5.85. The topological polar surface area (TPSA) is 70.3 Å². The largest absolute Gasteiger partial charge is 0.475 e. The third kappa shape index (κ3) is 3.32. The van der Waals surface area contributed by atoms with Gasteiger partial charge in [-0.2, -0.15) is 0 Å². The molecule has 1 aliphatic heterocycles. The van der Waals surface area contributed by atoms with Crippen LogP contribution < -0.4 is 10.5 Å². The lowest BCUT2D eigenvalue weighted by Crippen LogP contribution is -2.26. The number of nitrogens with zero attached hydrogens (tertiary/aromatic N) is 2. The van der Waals surface area contributed by atoms with Crippen LogP contribution in [0.5, 0.6) is 5.88 Å². The molecule has 1 fully saturated rings. The molecule has 0 amide bonds. The van der Waals surface area contributed by atoms with Gasteiger partial charge in [-0.25, -0.2) is 9.97 Å². The van der Waals surface area contributed by atoms with E-state index in [1.165, 1.54) is 12.7 Å². The Kier molecular flexibility index (Phi) is 4.75. The first kappa shape index (κ1) is 13.1. The summed E-state index contributed by atoms with van der Waals surface area (Å²) in [6, 6.07) is 0.